The van der Waals surface area contributed by atoms with Gasteiger partial charge in [-0.3, -0.25) is 4.79 Å². The van der Waals surface area contributed by atoms with Crippen molar-refractivity contribution in [3.8, 4) is 17.2 Å². The minimum absolute atomic E-state index is 0.0775. The number of anilines is 2. The van der Waals surface area contributed by atoms with Crippen LogP contribution >= 0.6 is 0 Å². The Morgan fingerprint density at radius 3 is 2.37 bits per heavy atom. The van der Waals surface area contributed by atoms with Gasteiger partial charge in [0.25, 0.3) is 5.91 Å². The largest absolute Gasteiger partial charge is 0.508 e. The molecule has 0 saturated carbocycles. The Morgan fingerprint density at radius 2 is 1.67 bits per heavy atom. The number of hydrogen-bond donors (Lipinski definition) is 2. The first-order chi connectivity index (χ1) is 13.2. The highest BCUT2D eigenvalue weighted by atomic mass is 16.4. The molecule has 7 nitrogen and oxygen atoms in total. The third kappa shape index (κ3) is 3.92. The average Bonchev–Trinajstić information content (AvgIpc) is 3.18. The lowest BCUT2D eigenvalue weighted by Crippen LogP contribution is -2.35. The number of rotatable bonds is 4. The van der Waals surface area contributed by atoms with Gasteiger partial charge in [0, 0.05) is 29.9 Å². The monoisotopic (exact) mass is 364 g/mol. The molecule has 0 aliphatic carbocycles. The van der Waals surface area contributed by atoms with E-state index in [2.05, 4.69) is 15.5 Å². The average molecular weight is 364 g/mol. The lowest BCUT2D eigenvalue weighted by Gasteiger charge is -2.26. The number of aromatic hydroxyl groups is 1. The van der Waals surface area contributed by atoms with E-state index >= 15 is 0 Å². The molecule has 2 N–H and O–H groups in total. The predicted octanol–water partition coefficient (Wildman–Crippen LogP) is 3.81. The summed E-state index contributed by atoms with van der Waals surface area (Å²) in [6.45, 7) is 1.67. The maximum Gasteiger partial charge on any atom is 0.320 e. The van der Waals surface area contributed by atoms with Crippen molar-refractivity contribution in [1.29, 1.82) is 0 Å². The van der Waals surface area contributed by atoms with Gasteiger partial charge in [0.1, 0.15) is 5.75 Å². The number of benzene rings is 2. The minimum Gasteiger partial charge on any atom is -0.508 e. The molecule has 4 rings (SSSR count). The predicted molar refractivity (Wildman–Crippen MR) is 101 cm³/mol. The van der Waals surface area contributed by atoms with E-state index in [0.29, 0.717) is 11.5 Å². The molecule has 1 aliphatic rings. The first-order valence-corrected chi connectivity index (χ1v) is 8.98. The van der Waals surface area contributed by atoms with Crippen LogP contribution in [0, 0.1) is 0 Å². The first-order valence-electron chi connectivity index (χ1n) is 8.98. The fraction of sp³-hybridized carbons (Fsp3) is 0.250. The zero-order valence-corrected chi connectivity index (χ0v) is 14.8. The van der Waals surface area contributed by atoms with Gasteiger partial charge in [-0.1, -0.05) is 5.10 Å². The van der Waals surface area contributed by atoms with Gasteiger partial charge in [-0.25, -0.2) is 0 Å². The van der Waals surface area contributed by atoms with Gasteiger partial charge < -0.3 is 19.7 Å². The van der Waals surface area contributed by atoms with E-state index in [1.54, 1.807) is 36.4 Å². The summed E-state index contributed by atoms with van der Waals surface area (Å²) in [4.78, 5) is 14.4. The van der Waals surface area contributed by atoms with E-state index in [9.17, 15) is 9.90 Å². The number of nitrogens with one attached hydrogen (secondary N) is 1. The van der Waals surface area contributed by atoms with E-state index in [1.807, 2.05) is 17.0 Å². The van der Waals surface area contributed by atoms with Crippen molar-refractivity contribution in [2.75, 3.05) is 18.4 Å². The summed E-state index contributed by atoms with van der Waals surface area (Å²) in [5, 5.41) is 20.4. The second kappa shape index (κ2) is 7.49. The molecule has 7 heteroatoms. The third-order valence-electron chi connectivity index (χ3n) is 4.57. The van der Waals surface area contributed by atoms with Crippen LogP contribution in [0.25, 0.3) is 11.5 Å². The van der Waals surface area contributed by atoms with Crippen LogP contribution < -0.4 is 5.32 Å². The van der Waals surface area contributed by atoms with Crippen molar-refractivity contribution in [1.82, 2.24) is 15.1 Å². The van der Waals surface area contributed by atoms with E-state index in [0.717, 1.165) is 37.2 Å². The molecule has 1 aromatic heterocycles. The van der Waals surface area contributed by atoms with E-state index in [-0.39, 0.29) is 17.7 Å². The maximum absolute atomic E-state index is 12.5. The summed E-state index contributed by atoms with van der Waals surface area (Å²) >= 11 is 0. The van der Waals surface area contributed by atoms with Crippen LogP contribution in [-0.2, 0) is 0 Å². The van der Waals surface area contributed by atoms with Crippen LogP contribution in [0.3, 0.4) is 0 Å². The zero-order valence-electron chi connectivity index (χ0n) is 14.8. The van der Waals surface area contributed by atoms with Gasteiger partial charge in [-0.2, -0.15) is 0 Å². The van der Waals surface area contributed by atoms with Crippen molar-refractivity contribution in [3.63, 3.8) is 0 Å². The van der Waals surface area contributed by atoms with E-state index in [4.69, 9.17) is 4.42 Å². The number of carbonyl (C=O) groups is 1. The quantitative estimate of drug-likeness (QED) is 0.731. The van der Waals surface area contributed by atoms with Crippen molar-refractivity contribution < 1.29 is 14.3 Å². The second-order valence-corrected chi connectivity index (χ2v) is 6.51. The minimum atomic E-state index is 0.0775. The van der Waals surface area contributed by atoms with Crippen LogP contribution in [0.15, 0.2) is 52.9 Å². The number of phenolic OH excluding ortho intramolecular Hbond substituents is 1. The fourth-order valence-corrected chi connectivity index (χ4v) is 3.09. The molecule has 1 fully saturated rings. The summed E-state index contributed by atoms with van der Waals surface area (Å²) in [5.74, 6) is 0.610. The summed E-state index contributed by atoms with van der Waals surface area (Å²) in [7, 11) is 0. The van der Waals surface area contributed by atoms with Gasteiger partial charge in [0.05, 0.1) is 0 Å². The van der Waals surface area contributed by atoms with Crippen molar-refractivity contribution in [2.45, 2.75) is 19.3 Å². The number of carbonyl (C=O) groups excluding carboxylic acids is 1. The molecule has 0 atom stereocenters. The Labute approximate surface area is 156 Å². The highest BCUT2D eigenvalue weighted by Crippen LogP contribution is 2.24. The smallest absolute Gasteiger partial charge is 0.320 e. The summed E-state index contributed by atoms with van der Waals surface area (Å²) < 4.78 is 5.60. The maximum atomic E-state index is 12.5. The second-order valence-electron chi connectivity index (χ2n) is 6.51. The number of likely N-dealkylation sites (tertiary alicyclic amines) is 1. The summed E-state index contributed by atoms with van der Waals surface area (Å²) in [5.41, 5.74) is 2.15. The zero-order chi connectivity index (χ0) is 18.6. The number of piperidine rings is 1. The molecule has 1 saturated heterocycles. The Bertz CT molecular complexity index is 913. The molecule has 3 aromatic rings. The molecular formula is C20H20N4O3. The Morgan fingerprint density at radius 1 is 0.963 bits per heavy atom. The highest BCUT2D eigenvalue weighted by molar-refractivity contribution is 5.94. The Balaban J connectivity index is 1.42. The molecule has 2 heterocycles. The van der Waals surface area contributed by atoms with Crippen LogP contribution in [0.1, 0.15) is 29.6 Å². The van der Waals surface area contributed by atoms with E-state index in [1.165, 1.54) is 6.42 Å². The van der Waals surface area contributed by atoms with E-state index < -0.39 is 0 Å². The molecule has 27 heavy (non-hydrogen) atoms. The lowest BCUT2D eigenvalue weighted by molar-refractivity contribution is 0.0724. The Hall–Kier alpha value is -3.35. The number of hydrogen-bond acceptors (Lipinski definition) is 6. The SMILES string of the molecule is O=C(c1ccc(Nc2nnc(-c3ccc(O)cc3)o2)cc1)N1CCCCC1. The van der Waals surface area contributed by atoms with Gasteiger partial charge in [0.15, 0.2) is 0 Å². The standard InChI is InChI=1S/C20H20N4O3/c25-17-10-6-14(7-11-17)18-22-23-20(27-18)21-16-8-4-15(5-9-16)19(26)24-12-2-1-3-13-24/h4-11,25H,1-3,12-13H2,(H,21,23). The normalized spacial score (nSPS) is 14.1. The summed E-state index contributed by atoms with van der Waals surface area (Å²) in [6, 6.07) is 14.0. The molecule has 138 valence electrons. The number of aromatic nitrogens is 2. The van der Waals surface area contributed by atoms with Crippen LogP contribution in [0.5, 0.6) is 5.75 Å². The van der Waals surface area contributed by atoms with Crippen molar-refractivity contribution in [2.24, 2.45) is 0 Å². The highest BCUT2D eigenvalue weighted by Gasteiger charge is 2.18. The molecule has 1 aliphatic heterocycles. The fourth-order valence-electron chi connectivity index (χ4n) is 3.09. The van der Waals surface area contributed by atoms with Crippen molar-refractivity contribution in [3.05, 3.63) is 54.1 Å². The molecule has 0 radical (unpaired) electrons. The number of amides is 1. The number of nitrogens with zero attached hydrogens (tertiary/aromatic N) is 3. The molecule has 0 spiro atoms. The van der Waals surface area contributed by atoms with Crippen molar-refractivity contribution >= 4 is 17.6 Å². The van der Waals surface area contributed by atoms with Gasteiger partial charge in [-0.05, 0) is 67.8 Å². The molecule has 1 amide bonds. The molecule has 2 aromatic carbocycles. The van der Waals surface area contributed by atoms with Crippen LogP contribution in [0.4, 0.5) is 11.7 Å². The van der Waals surface area contributed by atoms with Gasteiger partial charge in [0.2, 0.25) is 5.89 Å². The van der Waals surface area contributed by atoms with Gasteiger partial charge >= 0.3 is 6.01 Å². The third-order valence-corrected chi connectivity index (χ3v) is 4.57. The summed E-state index contributed by atoms with van der Waals surface area (Å²) in [6.07, 6.45) is 3.35. The lowest BCUT2D eigenvalue weighted by atomic mass is 10.1. The van der Waals surface area contributed by atoms with Crippen LogP contribution in [-0.4, -0.2) is 39.2 Å². The van der Waals surface area contributed by atoms with Gasteiger partial charge in [-0.15, -0.1) is 5.10 Å². The Kier molecular flexibility index (Phi) is 4.74. The molecule has 0 bridgehead atoms. The molecular weight excluding hydrogens is 344 g/mol. The first kappa shape index (κ1) is 17.1. The topological polar surface area (TPSA) is 91.5 Å². The number of phenols is 1. The molecule has 0 unspecified atom stereocenters. The van der Waals surface area contributed by atoms with Crippen LogP contribution in [0.2, 0.25) is 0 Å².